The number of rotatable bonds is 8. The van der Waals surface area contributed by atoms with Gasteiger partial charge in [-0.05, 0) is 0 Å². The van der Waals surface area contributed by atoms with Crippen LogP contribution in [0.4, 0.5) is 0 Å². The summed E-state index contributed by atoms with van der Waals surface area (Å²) in [5.41, 5.74) is 0. The predicted molar refractivity (Wildman–Crippen MR) is 60.7 cm³/mol. The van der Waals surface area contributed by atoms with Crippen molar-refractivity contribution in [1.29, 1.82) is 0 Å². The summed E-state index contributed by atoms with van der Waals surface area (Å²) in [7, 11) is 1.61. The van der Waals surface area contributed by atoms with E-state index in [1.807, 2.05) is 4.90 Å². The number of carbonyl (C=O) groups is 1. The van der Waals surface area contributed by atoms with Crippen LogP contribution < -0.4 is 0 Å². The summed E-state index contributed by atoms with van der Waals surface area (Å²) in [4.78, 5) is 13.4. The van der Waals surface area contributed by atoms with Gasteiger partial charge in [0.05, 0.1) is 39.5 Å². The summed E-state index contributed by atoms with van der Waals surface area (Å²) in [6.45, 7) is 4.83. The van der Waals surface area contributed by atoms with Crippen molar-refractivity contribution >= 4 is 5.97 Å². The summed E-state index contributed by atoms with van der Waals surface area (Å²) in [6.07, 6.45) is 0.286. The molecule has 0 bridgehead atoms. The van der Waals surface area contributed by atoms with Gasteiger partial charge in [0.25, 0.3) is 0 Å². The number of nitrogens with zero attached hydrogens (tertiary/aromatic N) is 1. The van der Waals surface area contributed by atoms with Gasteiger partial charge in [0.1, 0.15) is 6.73 Å². The number of esters is 1. The fourth-order valence-corrected chi connectivity index (χ4v) is 1.37. The van der Waals surface area contributed by atoms with E-state index in [-0.39, 0.29) is 12.4 Å². The molecule has 6 nitrogen and oxygen atoms in total. The van der Waals surface area contributed by atoms with Crippen LogP contribution in [0.2, 0.25) is 0 Å². The van der Waals surface area contributed by atoms with Crippen LogP contribution in [0.3, 0.4) is 0 Å². The fraction of sp³-hybridized carbons (Fsp3) is 0.909. The maximum Gasteiger partial charge on any atom is 0.309 e. The molecule has 1 heterocycles. The van der Waals surface area contributed by atoms with E-state index in [9.17, 15) is 4.79 Å². The highest BCUT2D eigenvalue weighted by Crippen LogP contribution is 1.97. The maximum atomic E-state index is 11.3. The molecule has 0 aromatic heterocycles. The molecule has 0 N–H and O–H groups in total. The Bertz CT molecular complexity index is 206. The second-order valence-corrected chi connectivity index (χ2v) is 3.73. The van der Waals surface area contributed by atoms with Crippen molar-refractivity contribution in [2.75, 3.05) is 60.0 Å². The van der Waals surface area contributed by atoms with Crippen molar-refractivity contribution in [1.82, 2.24) is 4.90 Å². The van der Waals surface area contributed by atoms with Crippen LogP contribution in [0.15, 0.2) is 0 Å². The second kappa shape index (κ2) is 9.35. The Hall–Kier alpha value is -0.690. The zero-order chi connectivity index (χ0) is 12.3. The molecule has 0 aromatic carbocycles. The maximum absolute atomic E-state index is 11.3. The normalized spacial score (nSPS) is 17.0. The molecule has 17 heavy (non-hydrogen) atoms. The largest absolute Gasteiger partial charge is 0.449 e. The first-order chi connectivity index (χ1) is 8.33. The molecule has 0 aliphatic carbocycles. The van der Waals surface area contributed by atoms with Crippen LogP contribution in [-0.2, 0) is 23.7 Å². The summed E-state index contributed by atoms with van der Waals surface area (Å²) in [5, 5.41) is 0. The highest BCUT2D eigenvalue weighted by Gasteiger charge is 2.12. The Balaban J connectivity index is 1.93. The molecule has 6 heteroatoms. The summed E-state index contributed by atoms with van der Waals surface area (Å²) in [5.74, 6) is -0.228. The van der Waals surface area contributed by atoms with Gasteiger partial charge >= 0.3 is 5.97 Å². The zero-order valence-electron chi connectivity index (χ0n) is 10.4. The van der Waals surface area contributed by atoms with Gasteiger partial charge in [-0.3, -0.25) is 9.69 Å². The van der Waals surface area contributed by atoms with Crippen molar-refractivity contribution in [3.8, 4) is 0 Å². The summed E-state index contributed by atoms with van der Waals surface area (Å²) < 4.78 is 20.3. The molecule has 1 saturated heterocycles. The quantitative estimate of drug-likeness (QED) is 0.440. The van der Waals surface area contributed by atoms with E-state index < -0.39 is 0 Å². The van der Waals surface area contributed by atoms with Gasteiger partial charge in [-0.2, -0.15) is 0 Å². The Morgan fingerprint density at radius 1 is 1.24 bits per heavy atom. The molecule has 1 fully saturated rings. The first-order valence-corrected chi connectivity index (χ1v) is 5.85. The average molecular weight is 247 g/mol. The van der Waals surface area contributed by atoms with E-state index in [2.05, 4.69) is 0 Å². The lowest BCUT2D eigenvalue weighted by Gasteiger charge is -2.25. The lowest BCUT2D eigenvalue weighted by atomic mass is 10.4. The molecule has 0 aromatic rings. The molecular formula is C11H21NO5. The van der Waals surface area contributed by atoms with Crippen molar-refractivity contribution in [2.24, 2.45) is 0 Å². The number of carbonyl (C=O) groups excluding carboxylic acids is 1. The van der Waals surface area contributed by atoms with Crippen LogP contribution in [0, 0.1) is 0 Å². The van der Waals surface area contributed by atoms with Gasteiger partial charge < -0.3 is 18.9 Å². The molecule has 1 aliphatic rings. The van der Waals surface area contributed by atoms with E-state index in [0.29, 0.717) is 39.8 Å². The second-order valence-electron chi connectivity index (χ2n) is 3.73. The Morgan fingerprint density at radius 3 is 2.71 bits per heavy atom. The first-order valence-electron chi connectivity index (χ1n) is 5.85. The van der Waals surface area contributed by atoms with Crippen LogP contribution in [0.1, 0.15) is 6.42 Å². The topological polar surface area (TPSA) is 57.2 Å². The highest BCUT2D eigenvalue weighted by atomic mass is 16.6. The molecule has 0 saturated carbocycles. The van der Waals surface area contributed by atoms with Gasteiger partial charge in [0.15, 0.2) is 0 Å². The molecular weight excluding hydrogens is 226 g/mol. The van der Waals surface area contributed by atoms with Crippen LogP contribution in [-0.4, -0.2) is 70.8 Å². The predicted octanol–water partition coefficient (Wildman–Crippen LogP) is -0.128. The van der Waals surface area contributed by atoms with Crippen molar-refractivity contribution < 1.29 is 23.7 Å². The van der Waals surface area contributed by atoms with Crippen LogP contribution in [0.25, 0.3) is 0 Å². The fourth-order valence-electron chi connectivity index (χ4n) is 1.37. The molecule has 0 atom stereocenters. The third kappa shape index (κ3) is 7.27. The molecule has 0 unspecified atom stereocenters. The molecule has 1 rings (SSSR count). The summed E-state index contributed by atoms with van der Waals surface area (Å²) in [6, 6.07) is 0. The standard InChI is InChI=1S/C11H21NO5/c1-14-8-9-15-5-2-11(13)17-10-12-3-6-16-7-4-12/h2-10H2,1H3. The Labute approximate surface area is 102 Å². The lowest BCUT2D eigenvalue weighted by Crippen LogP contribution is -2.38. The van der Waals surface area contributed by atoms with E-state index in [4.69, 9.17) is 18.9 Å². The summed E-state index contributed by atoms with van der Waals surface area (Å²) >= 11 is 0. The Morgan fingerprint density at radius 2 is 2.00 bits per heavy atom. The van der Waals surface area contributed by atoms with Crippen LogP contribution in [0.5, 0.6) is 0 Å². The van der Waals surface area contributed by atoms with Gasteiger partial charge in [0.2, 0.25) is 0 Å². The van der Waals surface area contributed by atoms with Crippen molar-refractivity contribution in [3.63, 3.8) is 0 Å². The molecule has 1 aliphatic heterocycles. The lowest BCUT2D eigenvalue weighted by molar-refractivity contribution is -0.151. The third-order valence-electron chi connectivity index (χ3n) is 2.39. The van der Waals surface area contributed by atoms with Gasteiger partial charge in [0, 0.05) is 20.2 Å². The minimum absolute atomic E-state index is 0.228. The number of hydrogen-bond acceptors (Lipinski definition) is 6. The van der Waals surface area contributed by atoms with E-state index in [1.54, 1.807) is 7.11 Å². The highest BCUT2D eigenvalue weighted by molar-refractivity contribution is 5.69. The SMILES string of the molecule is COCCOCCC(=O)OCN1CCOCC1. The minimum atomic E-state index is -0.228. The minimum Gasteiger partial charge on any atom is -0.449 e. The van der Waals surface area contributed by atoms with Gasteiger partial charge in [-0.1, -0.05) is 0 Å². The Kier molecular flexibility index (Phi) is 7.91. The zero-order valence-corrected chi connectivity index (χ0v) is 10.4. The molecule has 0 spiro atoms. The third-order valence-corrected chi connectivity index (χ3v) is 2.39. The van der Waals surface area contributed by atoms with Crippen molar-refractivity contribution in [2.45, 2.75) is 6.42 Å². The molecule has 0 amide bonds. The first kappa shape index (κ1) is 14.4. The van der Waals surface area contributed by atoms with Crippen molar-refractivity contribution in [3.05, 3.63) is 0 Å². The number of hydrogen-bond donors (Lipinski definition) is 0. The molecule has 100 valence electrons. The number of morpholine rings is 1. The van der Waals surface area contributed by atoms with Crippen LogP contribution >= 0.6 is 0 Å². The number of ether oxygens (including phenoxy) is 4. The monoisotopic (exact) mass is 247 g/mol. The van der Waals surface area contributed by atoms with Gasteiger partial charge in [-0.25, -0.2) is 0 Å². The van der Waals surface area contributed by atoms with E-state index >= 15 is 0 Å². The van der Waals surface area contributed by atoms with E-state index in [1.165, 1.54) is 0 Å². The molecule has 0 radical (unpaired) electrons. The number of methoxy groups -OCH3 is 1. The smallest absolute Gasteiger partial charge is 0.309 e. The average Bonchev–Trinajstić information content (AvgIpc) is 2.37. The van der Waals surface area contributed by atoms with E-state index in [0.717, 1.165) is 13.1 Å². The van der Waals surface area contributed by atoms with Gasteiger partial charge in [-0.15, -0.1) is 0 Å².